The van der Waals surface area contributed by atoms with Gasteiger partial charge in [-0.15, -0.1) is 0 Å². The lowest BCUT2D eigenvalue weighted by atomic mass is 10.2. The molecular weight excluding hydrogens is 422 g/mol. The van der Waals surface area contributed by atoms with Crippen molar-refractivity contribution in [2.24, 2.45) is 0 Å². The highest BCUT2D eigenvalue weighted by Crippen LogP contribution is 2.26. The average Bonchev–Trinajstić information content (AvgIpc) is 2.79. The Labute approximate surface area is 190 Å². The van der Waals surface area contributed by atoms with Crippen molar-refractivity contribution in [2.45, 2.75) is 18.7 Å². The highest BCUT2D eigenvalue weighted by atomic mass is 32.2. The highest BCUT2D eigenvalue weighted by Gasteiger charge is 2.28. The van der Waals surface area contributed by atoms with Crippen molar-refractivity contribution in [3.05, 3.63) is 90.0 Å². The van der Waals surface area contributed by atoms with Gasteiger partial charge in [-0.25, -0.2) is 8.42 Å². The lowest BCUT2D eigenvalue weighted by molar-refractivity contribution is -0.119. The Morgan fingerprint density at radius 3 is 2.16 bits per heavy atom. The number of carbonyl (C=O) groups excluding carboxylic acids is 1. The molecule has 0 aliphatic heterocycles. The molecule has 3 aromatic carbocycles. The summed E-state index contributed by atoms with van der Waals surface area (Å²) < 4.78 is 28.1. The molecule has 1 N–H and O–H groups in total. The summed E-state index contributed by atoms with van der Waals surface area (Å²) in [5, 5.41) is 2.85. The van der Waals surface area contributed by atoms with Crippen molar-refractivity contribution >= 4 is 27.3 Å². The van der Waals surface area contributed by atoms with Crippen molar-refractivity contribution in [3.8, 4) is 0 Å². The zero-order valence-electron chi connectivity index (χ0n) is 18.7. The van der Waals surface area contributed by atoms with Gasteiger partial charge >= 0.3 is 0 Å². The Kier molecular flexibility index (Phi) is 7.53. The molecule has 0 unspecified atom stereocenters. The number of sulfonamides is 1. The van der Waals surface area contributed by atoms with Gasteiger partial charge in [-0.1, -0.05) is 54.1 Å². The van der Waals surface area contributed by atoms with Gasteiger partial charge in [-0.2, -0.15) is 0 Å². The Morgan fingerprint density at radius 2 is 1.50 bits per heavy atom. The fourth-order valence-corrected chi connectivity index (χ4v) is 4.83. The van der Waals surface area contributed by atoms with Gasteiger partial charge in [0.25, 0.3) is 10.0 Å². The number of carbonyl (C=O) groups is 1. The second-order valence-corrected chi connectivity index (χ2v) is 9.58. The van der Waals surface area contributed by atoms with Crippen molar-refractivity contribution in [2.75, 3.05) is 35.9 Å². The topological polar surface area (TPSA) is 69.7 Å². The molecule has 168 valence electrons. The molecule has 6 nitrogen and oxygen atoms in total. The van der Waals surface area contributed by atoms with Crippen LogP contribution in [-0.2, 0) is 14.8 Å². The van der Waals surface area contributed by atoms with E-state index in [1.807, 2.05) is 68.3 Å². The molecular formula is C25H29N3O3S. The van der Waals surface area contributed by atoms with Gasteiger partial charge in [0.1, 0.15) is 6.54 Å². The van der Waals surface area contributed by atoms with Gasteiger partial charge in [0.15, 0.2) is 0 Å². The minimum Gasteiger partial charge on any atom is -0.373 e. The van der Waals surface area contributed by atoms with E-state index < -0.39 is 10.0 Å². The quantitative estimate of drug-likeness (QED) is 0.538. The summed E-state index contributed by atoms with van der Waals surface area (Å²) in [6.45, 7) is 4.44. The molecule has 32 heavy (non-hydrogen) atoms. The molecule has 0 saturated carbocycles. The molecule has 0 saturated heterocycles. The van der Waals surface area contributed by atoms with E-state index in [1.54, 1.807) is 36.4 Å². The molecule has 0 aromatic heterocycles. The van der Waals surface area contributed by atoms with Crippen LogP contribution in [0.1, 0.15) is 11.1 Å². The lowest BCUT2D eigenvalue weighted by Crippen LogP contribution is -2.43. The van der Waals surface area contributed by atoms with Crippen LogP contribution in [0.5, 0.6) is 0 Å². The third-order valence-electron chi connectivity index (χ3n) is 5.25. The molecule has 0 fully saturated rings. The summed E-state index contributed by atoms with van der Waals surface area (Å²) in [7, 11) is -1.96. The largest absolute Gasteiger partial charge is 0.373 e. The first-order valence-corrected chi connectivity index (χ1v) is 11.9. The summed E-state index contributed by atoms with van der Waals surface area (Å²) in [6, 6.07) is 23.7. The first kappa shape index (κ1) is 23.3. The number of para-hydroxylation sites is 2. The Bertz CT molecular complexity index is 1150. The van der Waals surface area contributed by atoms with Gasteiger partial charge in [0.05, 0.1) is 10.6 Å². The minimum atomic E-state index is -3.91. The number of amides is 1. The van der Waals surface area contributed by atoms with Crippen LogP contribution < -0.4 is 14.5 Å². The first-order chi connectivity index (χ1) is 15.3. The maximum absolute atomic E-state index is 13.4. The molecule has 3 rings (SSSR count). The average molecular weight is 452 g/mol. The number of nitrogens with one attached hydrogen (secondary N) is 1. The second kappa shape index (κ2) is 10.3. The van der Waals surface area contributed by atoms with Crippen molar-refractivity contribution in [3.63, 3.8) is 0 Å². The zero-order chi connectivity index (χ0) is 23.1. The normalized spacial score (nSPS) is 11.1. The van der Waals surface area contributed by atoms with Crippen molar-refractivity contribution in [1.82, 2.24) is 5.32 Å². The number of hydrogen-bond acceptors (Lipinski definition) is 4. The lowest BCUT2D eigenvalue weighted by Gasteiger charge is -2.26. The van der Waals surface area contributed by atoms with Gasteiger partial charge in [0, 0.05) is 25.8 Å². The van der Waals surface area contributed by atoms with Crippen molar-refractivity contribution < 1.29 is 13.2 Å². The fraction of sp³-hybridized carbons (Fsp3) is 0.240. The number of hydrogen-bond donors (Lipinski definition) is 1. The number of nitrogens with zero attached hydrogens (tertiary/aromatic N) is 2. The highest BCUT2D eigenvalue weighted by molar-refractivity contribution is 7.92. The number of anilines is 2. The number of benzene rings is 3. The molecule has 3 aromatic rings. The third kappa shape index (κ3) is 5.68. The monoisotopic (exact) mass is 451 g/mol. The Hall–Kier alpha value is -3.32. The Balaban J connectivity index is 1.75. The molecule has 0 heterocycles. The van der Waals surface area contributed by atoms with Crippen LogP contribution in [0, 0.1) is 13.8 Å². The summed E-state index contributed by atoms with van der Waals surface area (Å²) >= 11 is 0. The second-order valence-electron chi connectivity index (χ2n) is 7.72. The summed E-state index contributed by atoms with van der Waals surface area (Å²) in [4.78, 5) is 14.9. The van der Waals surface area contributed by atoms with E-state index in [0.717, 1.165) is 16.8 Å². The summed E-state index contributed by atoms with van der Waals surface area (Å²) in [5.74, 6) is -0.356. The molecule has 0 aliphatic rings. The minimum absolute atomic E-state index is 0.156. The molecule has 1 amide bonds. The van der Waals surface area contributed by atoms with E-state index in [9.17, 15) is 13.2 Å². The van der Waals surface area contributed by atoms with Crippen LogP contribution in [0.3, 0.4) is 0 Å². The summed E-state index contributed by atoms with van der Waals surface area (Å²) in [5.41, 5.74) is 3.28. The predicted octanol–water partition coefficient (Wildman–Crippen LogP) is 3.75. The van der Waals surface area contributed by atoms with Gasteiger partial charge in [-0.3, -0.25) is 9.10 Å². The van der Waals surface area contributed by atoms with E-state index in [2.05, 4.69) is 5.32 Å². The van der Waals surface area contributed by atoms with E-state index in [0.29, 0.717) is 18.8 Å². The van der Waals surface area contributed by atoms with Crippen LogP contribution >= 0.6 is 0 Å². The van der Waals surface area contributed by atoms with E-state index in [-0.39, 0.29) is 17.3 Å². The number of aryl methyl sites for hydroxylation is 2. The fourth-order valence-electron chi connectivity index (χ4n) is 3.34. The zero-order valence-corrected chi connectivity index (χ0v) is 19.5. The van der Waals surface area contributed by atoms with Crippen molar-refractivity contribution in [1.29, 1.82) is 0 Å². The molecule has 0 spiro atoms. The van der Waals surface area contributed by atoms with Crippen LogP contribution in [0.25, 0.3) is 0 Å². The summed E-state index contributed by atoms with van der Waals surface area (Å²) in [6.07, 6.45) is 0. The van der Waals surface area contributed by atoms with Crippen LogP contribution in [0.15, 0.2) is 83.8 Å². The first-order valence-electron chi connectivity index (χ1n) is 10.5. The van der Waals surface area contributed by atoms with Gasteiger partial charge < -0.3 is 10.2 Å². The van der Waals surface area contributed by atoms with Crippen LogP contribution in [0.2, 0.25) is 0 Å². The van der Waals surface area contributed by atoms with Crippen LogP contribution in [0.4, 0.5) is 11.4 Å². The molecule has 7 heteroatoms. The van der Waals surface area contributed by atoms with E-state index in [4.69, 9.17) is 0 Å². The predicted molar refractivity (Wildman–Crippen MR) is 130 cm³/mol. The molecule has 0 bridgehead atoms. The van der Waals surface area contributed by atoms with Gasteiger partial charge in [-0.05, 0) is 49.7 Å². The van der Waals surface area contributed by atoms with E-state index >= 15 is 0 Å². The van der Waals surface area contributed by atoms with E-state index in [1.165, 1.54) is 4.31 Å². The Morgan fingerprint density at radius 1 is 0.875 bits per heavy atom. The third-order valence-corrected chi connectivity index (χ3v) is 7.02. The number of rotatable bonds is 9. The number of likely N-dealkylation sites (N-methyl/N-ethyl adjacent to an activating group) is 1. The molecule has 0 atom stereocenters. The van der Waals surface area contributed by atoms with Crippen LogP contribution in [-0.4, -0.2) is 41.0 Å². The smallest absolute Gasteiger partial charge is 0.264 e. The maximum atomic E-state index is 13.4. The maximum Gasteiger partial charge on any atom is 0.264 e. The molecule has 0 radical (unpaired) electrons. The molecule has 0 aliphatic carbocycles. The van der Waals surface area contributed by atoms with Gasteiger partial charge in [0.2, 0.25) is 5.91 Å². The SMILES string of the molecule is Cc1ccc(S(=O)(=O)N(CC(=O)NCCN(C)c2ccccc2)c2ccccc2C)cc1. The standard InChI is InChI=1S/C25H29N3O3S/c1-20-13-15-23(16-14-20)32(30,31)28(24-12-8-7-9-21(24)2)19-25(29)26-17-18-27(3)22-10-5-4-6-11-22/h4-16H,17-19H2,1-3H3,(H,26,29).